The summed E-state index contributed by atoms with van der Waals surface area (Å²) in [7, 11) is -4.79. The Balaban J connectivity index is 0.00000220. The summed E-state index contributed by atoms with van der Waals surface area (Å²) in [5.74, 6) is -0.807. The fourth-order valence-corrected chi connectivity index (χ4v) is 4.38. The molecule has 0 spiro atoms. The third kappa shape index (κ3) is 4.84. The molecule has 2 aliphatic heterocycles. The number of nitriles is 1. The van der Waals surface area contributed by atoms with Crippen LogP contribution >= 0.6 is 19.4 Å². The second-order valence-corrected chi connectivity index (χ2v) is 7.44. The SMILES string of the molecule is C[C@@H](O)[C@H]1C(=O)N2C(CP(=O)([O-])[O-])=C(SCC#N)C[C@H]12.[Na+].[Na+]. The molecule has 22 heavy (non-hydrogen) atoms. The van der Waals surface area contributed by atoms with Crippen LogP contribution in [0.4, 0.5) is 0 Å². The van der Waals surface area contributed by atoms with E-state index in [9.17, 15) is 24.3 Å². The third-order valence-corrected chi connectivity index (χ3v) is 5.16. The van der Waals surface area contributed by atoms with Crippen molar-refractivity contribution in [3.8, 4) is 6.07 Å². The summed E-state index contributed by atoms with van der Waals surface area (Å²) >= 11 is 1.14. The fourth-order valence-electron chi connectivity index (χ4n) is 2.70. The maximum Gasteiger partial charge on any atom is 1.00 e. The zero-order valence-electron chi connectivity index (χ0n) is 12.7. The Morgan fingerprint density at radius 2 is 2.14 bits per heavy atom. The summed E-state index contributed by atoms with van der Waals surface area (Å²) in [6.45, 7) is 1.51. The average molecular weight is 362 g/mol. The summed E-state index contributed by atoms with van der Waals surface area (Å²) in [4.78, 5) is 35.8. The molecule has 0 saturated carbocycles. The molecule has 1 N–H and O–H groups in total. The molecule has 11 heteroatoms. The predicted octanol–water partition coefficient (Wildman–Crippen LogP) is -7.01. The first-order valence-corrected chi connectivity index (χ1v) is 8.71. The molecule has 0 unspecified atom stereocenters. The van der Waals surface area contributed by atoms with Gasteiger partial charge in [0.2, 0.25) is 5.91 Å². The molecule has 0 aromatic carbocycles. The first kappa shape index (κ1) is 23.2. The van der Waals surface area contributed by atoms with Crippen LogP contribution in [0.15, 0.2) is 10.6 Å². The van der Waals surface area contributed by atoms with Gasteiger partial charge in [0.1, 0.15) is 0 Å². The zero-order chi connectivity index (χ0) is 15.1. The van der Waals surface area contributed by atoms with Crippen LogP contribution in [0.5, 0.6) is 0 Å². The number of carbonyl (C=O) groups excluding carboxylic acids is 1. The van der Waals surface area contributed by atoms with Gasteiger partial charge in [-0.3, -0.25) is 4.79 Å². The van der Waals surface area contributed by atoms with Gasteiger partial charge in [-0.05, 0) is 6.92 Å². The van der Waals surface area contributed by atoms with E-state index in [-0.39, 0.29) is 82.5 Å². The molecule has 0 aromatic heterocycles. The number of hydrogen-bond donors (Lipinski definition) is 1. The standard InChI is InChI=1S/C11H15N2O5PS.2Na/c1-6(14)10-7-4-9(20-3-2-12)8(5-19(16,17)18)13(7)11(10)15;;/h6-7,10,14H,3-5H2,1H3,(H2,16,17,18);;/q;2*+1/p-2/t6-,7-,10-;;/m1../s1. The van der Waals surface area contributed by atoms with Crippen LogP contribution in [0.2, 0.25) is 0 Å². The number of β-lactam (4-membered cyclic amide) rings is 1. The number of nitrogens with zero attached hydrogens (tertiary/aromatic N) is 2. The van der Waals surface area contributed by atoms with Gasteiger partial charge < -0.3 is 24.4 Å². The predicted molar refractivity (Wildman–Crippen MR) is 68.0 cm³/mol. The van der Waals surface area contributed by atoms with Crippen LogP contribution in [-0.4, -0.2) is 40.0 Å². The molecule has 0 aromatic rings. The second-order valence-electron chi connectivity index (χ2n) is 4.83. The van der Waals surface area contributed by atoms with E-state index < -0.39 is 25.8 Å². The van der Waals surface area contributed by atoms with Crippen molar-refractivity contribution in [2.45, 2.75) is 25.5 Å². The molecular formula is C11H13N2Na2O5PS. The molecule has 7 nitrogen and oxygen atoms in total. The molecule has 110 valence electrons. The van der Waals surface area contributed by atoms with Crippen molar-refractivity contribution in [1.29, 1.82) is 5.26 Å². The van der Waals surface area contributed by atoms with Crippen LogP contribution in [0.1, 0.15) is 13.3 Å². The summed E-state index contributed by atoms with van der Waals surface area (Å²) in [6.07, 6.45) is -1.16. The van der Waals surface area contributed by atoms with Crippen LogP contribution in [0.3, 0.4) is 0 Å². The van der Waals surface area contributed by atoms with E-state index in [1.165, 1.54) is 11.8 Å². The Morgan fingerprint density at radius 3 is 2.59 bits per heavy atom. The number of carbonyl (C=O) groups is 1. The number of fused-ring (bicyclic) bond motifs is 1. The molecule has 1 fully saturated rings. The topological polar surface area (TPSA) is 128 Å². The Hall–Kier alpha value is 1.16. The van der Waals surface area contributed by atoms with Gasteiger partial charge in [0.05, 0.1) is 29.9 Å². The van der Waals surface area contributed by atoms with Gasteiger partial charge in [0, 0.05) is 23.2 Å². The van der Waals surface area contributed by atoms with E-state index in [0.717, 1.165) is 11.8 Å². The van der Waals surface area contributed by atoms with Gasteiger partial charge in [-0.1, -0.05) is 7.60 Å². The van der Waals surface area contributed by atoms with Crippen molar-refractivity contribution >= 4 is 25.3 Å². The van der Waals surface area contributed by atoms with Crippen LogP contribution in [0, 0.1) is 17.2 Å². The van der Waals surface area contributed by atoms with Crippen molar-refractivity contribution in [3.05, 3.63) is 10.6 Å². The zero-order valence-corrected chi connectivity index (χ0v) is 18.4. The number of aliphatic hydroxyl groups is 1. The largest absolute Gasteiger partial charge is 1.00 e. The summed E-state index contributed by atoms with van der Waals surface area (Å²) in [5, 5.41) is 18.2. The van der Waals surface area contributed by atoms with E-state index in [1.54, 1.807) is 0 Å². The first-order valence-electron chi connectivity index (χ1n) is 6.00. The van der Waals surface area contributed by atoms with Gasteiger partial charge in [0.15, 0.2) is 0 Å². The van der Waals surface area contributed by atoms with Crippen LogP contribution in [0.25, 0.3) is 0 Å². The molecule has 1 amide bonds. The van der Waals surface area contributed by atoms with Gasteiger partial charge in [-0.15, -0.1) is 11.8 Å². The number of rotatable bonds is 5. The quantitative estimate of drug-likeness (QED) is 0.292. The normalized spacial score (nSPS) is 24.7. The summed E-state index contributed by atoms with van der Waals surface area (Å²) < 4.78 is 11.0. The van der Waals surface area contributed by atoms with E-state index >= 15 is 0 Å². The fraction of sp³-hybridized carbons (Fsp3) is 0.636. The Morgan fingerprint density at radius 1 is 1.55 bits per heavy atom. The van der Waals surface area contributed by atoms with Crippen molar-refractivity contribution in [3.63, 3.8) is 0 Å². The first-order chi connectivity index (χ1) is 9.26. The van der Waals surface area contributed by atoms with Gasteiger partial charge >= 0.3 is 59.1 Å². The molecule has 2 rings (SSSR count). The minimum absolute atomic E-state index is 0. The number of allylic oxidation sites excluding steroid dienone is 1. The van der Waals surface area contributed by atoms with Crippen molar-refractivity contribution in [1.82, 2.24) is 4.90 Å². The molecule has 2 heterocycles. The molecule has 0 bridgehead atoms. The smallest absolute Gasteiger partial charge is 0.810 e. The maximum absolute atomic E-state index is 12.0. The van der Waals surface area contributed by atoms with E-state index in [1.807, 2.05) is 6.07 Å². The molecule has 1 saturated heterocycles. The maximum atomic E-state index is 12.0. The Kier molecular flexibility index (Phi) is 9.50. The minimum Gasteiger partial charge on any atom is -0.810 e. The van der Waals surface area contributed by atoms with Gasteiger partial charge in [-0.2, -0.15) is 5.26 Å². The molecule has 0 radical (unpaired) electrons. The number of amides is 1. The van der Waals surface area contributed by atoms with E-state index in [4.69, 9.17) is 5.26 Å². The van der Waals surface area contributed by atoms with E-state index in [2.05, 4.69) is 0 Å². The van der Waals surface area contributed by atoms with Crippen LogP contribution < -0.4 is 68.9 Å². The van der Waals surface area contributed by atoms with Crippen LogP contribution in [-0.2, 0) is 9.36 Å². The van der Waals surface area contributed by atoms with Gasteiger partial charge in [-0.25, -0.2) is 0 Å². The average Bonchev–Trinajstić information content (AvgIpc) is 2.57. The Bertz CT molecular complexity index is 559. The Labute approximate surface area is 177 Å². The number of aliphatic hydroxyl groups excluding tert-OH is 1. The van der Waals surface area contributed by atoms with Gasteiger partial charge in [0.25, 0.3) is 0 Å². The number of thioether (sulfide) groups is 1. The van der Waals surface area contributed by atoms with Crippen molar-refractivity contribution in [2.75, 3.05) is 11.9 Å². The minimum atomic E-state index is -4.79. The third-order valence-electron chi connectivity index (χ3n) is 3.45. The van der Waals surface area contributed by atoms with Crippen molar-refractivity contribution in [2.24, 2.45) is 5.92 Å². The van der Waals surface area contributed by atoms with E-state index in [0.29, 0.717) is 11.3 Å². The second kappa shape index (κ2) is 9.02. The summed E-state index contributed by atoms with van der Waals surface area (Å²) in [5.41, 5.74) is 0.186. The molecular weight excluding hydrogens is 349 g/mol. The molecule has 0 aliphatic carbocycles. The summed E-state index contributed by atoms with van der Waals surface area (Å²) in [6, 6.07) is 1.62. The molecule has 2 aliphatic rings. The molecule has 3 atom stereocenters. The monoisotopic (exact) mass is 362 g/mol. The van der Waals surface area contributed by atoms with Crippen molar-refractivity contribution < 1.29 is 83.4 Å². The number of hydrogen-bond acceptors (Lipinski definition) is 7.